The third-order valence-electron chi connectivity index (χ3n) is 1.92. The minimum Gasteiger partial charge on any atom is -0.341 e. The molecule has 1 N–H and O–H groups in total. The first-order valence-corrected chi connectivity index (χ1v) is 5.47. The molecule has 0 saturated heterocycles. The fourth-order valence-corrected chi connectivity index (χ4v) is 1.50. The van der Waals surface area contributed by atoms with Crippen molar-refractivity contribution < 1.29 is 9.72 Å². The molecule has 1 aromatic carbocycles. The Balaban J connectivity index is 2.90. The molecule has 0 aromatic heterocycles. The Morgan fingerprint density at radius 2 is 2.29 bits per heavy atom. The number of benzene rings is 1. The van der Waals surface area contributed by atoms with Crippen LogP contribution in [0.2, 0.25) is 0 Å². The molecule has 0 aliphatic heterocycles. The highest BCUT2D eigenvalue weighted by molar-refractivity contribution is 9.10. The Morgan fingerprint density at radius 1 is 1.59 bits per heavy atom. The van der Waals surface area contributed by atoms with Gasteiger partial charge in [0.15, 0.2) is 0 Å². The lowest BCUT2D eigenvalue weighted by Gasteiger charge is -2.02. The van der Waals surface area contributed by atoms with Gasteiger partial charge in [0.2, 0.25) is 0 Å². The van der Waals surface area contributed by atoms with Crippen LogP contribution < -0.4 is 5.32 Å². The van der Waals surface area contributed by atoms with Crippen molar-refractivity contribution in [1.29, 1.82) is 0 Å². The highest BCUT2D eigenvalue weighted by Crippen LogP contribution is 2.25. The molecule has 0 spiro atoms. The molecular weight excluding hydrogens is 288 g/mol. The topological polar surface area (TPSA) is 72.2 Å². The van der Waals surface area contributed by atoms with Gasteiger partial charge in [0.25, 0.3) is 11.6 Å². The van der Waals surface area contributed by atoms with Crippen molar-refractivity contribution in [3.05, 3.63) is 38.3 Å². The van der Waals surface area contributed by atoms with E-state index in [1.54, 1.807) is 6.92 Å². The quantitative estimate of drug-likeness (QED) is 0.527. The van der Waals surface area contributed by atoms with E-state index in [0.29, 0.717) is 4.47 Å². The smallest absolute Gasteiger partial charge is 0.284 e. The van der Waals surface area contributed by atoms with Crippen LogP contribution in [0, 0.1) is 22.0 Å². The summed E-state index contributed by atoms with van der Waals surface area (Å²) in [4.78, 5) is 21.7. The molecule has 88 valence electrons. The van der Waals surface area contributed by atoms with Crippen LogP contribution in [0.4, 0.5) is 5.69 Å². The predicted octanol–water partition coefficient (Wildman–Crippen LogP) is 2.11. The number of nitrogens with zero attached hydrogens (tertiary/aromatic N) is 1. The molecule has 0 unspecified atom stereocenters. The van der Waals surface area contributed by atoms with Gasteiger partial charge in [0.05, 0.1) is 15.9 Å². The van der Waals surface area contributed by atoms with E-state index in [1.165, 1.54) is 18.2 Å². The summed E-state index contributed by atoms with van der Waals surface area (Å²) >= 11 is 3.05. The van der Waals surface area contributed by atoms with Crippen LogP contribution in [-0.2, 0) is 0 Å². The number of amides is 1. The average Bonchev–Trinajstić information content (AvgIpc) is 2.29. The Labute approximate surface area is 106 Å². The van der Waals surface area contributed by atoms with E-state index in [9.17, 15) is 14.9 Å². The van der Waals surface area contributed by atoms with E-state index < -0.39 is 4.92 Å². The fraction of sp³-hybridized carbons (Fsp3) is 0.182. The minimum atomic E-state index is -0.549. The maximum Gasteiger partial charge on any atom is 0.284 e. The van der Waals surface area contributed by atoms with Crippen LogP contribution in [0.15, 0.2) is 22.7 Å². The first-order chi connectivity index (χ1) is 8.06. The largest absolute Gasteiger partial charge is 0.341 e. The zero-order valence-corrected chi connectivity index (χ0v) is 10.6. The number of hydrogen-bond acceptors (Lipinski definition) is 3. The maximum atomic E-state index is 11.6. The molecule has 0 saturated carbocycles. The summed E-state index contributed by atoms with van der Waals surface area (Å²) < 4.78 is 0.340. The van der Waals surface area contributed by atoms with Gasteiger partial charge in [-0.15, -0.1) is 5.92 Å². The summed E-state index contributed by atoms with van der Waals surface area (Å²) in [6, 6.07) is 4.20. The van der Waals surface area contributed by atoms with Crippen LogP contribution in [0.1, 0.15) is 17.3 Å². The highest BCUT2D eigenvalue weighted by Gasteiger charge is 2.15. The van der Waals surface area contributed by atoms with E-state index in [1.807, 2.05) is 0 Å². The number of nitro groups is 1. The van der Waals surface area contributed by atoms with Crippen molar-refractivity contribution in [1.82, 2.24) is 5.32 Å². The van der Waals surface area contributed by atoms with Crippen LogP contribution in [0.25, 0.3) is 0 Å². The maximum absolute atomic E-state index is 11.6. The van der Waals surface area contributed by atoms with Crippen LogP contribution >= 0.6 is 15.9 Å². The van der Waals surface area contributed by atoms with Crippen molar-refractivity contribution in [2.75, 3.05) is 6.54 Å². The first kappa shape index (κ1) is 13.2. The lowest BCUT2D eigenvalue weighted by Crippen LogP contribution is -2.23. The second kappa shape index (κ2) is 6.01. The first-order valence-electron chi connectivity index (χ1n) is 4.68. The third-order valence-corrected chi connectivity index (χ3v) is 2.59. The van der Waals surface area contributed by atoms with Crippen molar-refractivity contribution in [2.24, 2.45) is 0 Å². The van der Waals surface area contributed by atoms with Crippen LogP contribution in [0.5, 0.6) is 0 Å². The predicted molar refractivity (Wildman–Crippen MR) is 66.6 cm³/mol. The molecule has 5 nitrogen and oxygen atoms in total. The van der Waals surface area contributed by atoms with Gasteiger partial charge in [0, 0.05) is 11.6 Å². The average molecular weight is 297 g/mol. The molecule has 0 bridgehead atoms. The second-order valence-electron chi connectivity index (χ2n) is 3.03. The van der Waals surface area contributed by atoms with Gasteiger partial charge in [-0.25, -0.2) is 0 Å². The molecule has 1 aromatic rings. The zero-order chi connectivity index (χ0) is 12.8. The van der Waals surface area contributed by atoms with E-state index in [2.05, 4.69) is 33.1 Å². The Morgan fingerprint density at radius 3 is 2.88 bits per heavy atom. The third kappa shape index (κ3) is 3.57. The number of carbonyl (C=O) groups excluding carboxylic acids is 1. The molecule has 0 aliphatic rings. The van der Waals surface area contributed by atoms with Gasteiger partial charge in [-0.1, -0.05) is 5.92 Å². The van der Waals surface area contributed by atoms with Crippen molar-refractivity contribution in [2.45, 2.75) is 6.92 Å². The monoisotopic (exact) mass is 296 g/mol. The van der Waals surface area contributed by atoms with Crippen LogP contribution in [-0.4, -0.2) is 17.4 Å². The molecule has 1 rings (SSSR count). The van der Waals surface area contributed by atoms with Crippen LogP contribution in [0.3, 0.4) is 0 Å². The summed E-state index contributed by atoms with van der Waals surface area (Å²) in [5.41, 5.74) is 0.0945. The number of hydrogen-bond donors (Lipinski definition) is 1. The molecule has 0 radical (unpaired) electrons. The molecule has 6 heteroatoms. The summed E-state index contributed by atoms with van der Waals surface area (Å²) in [6.45, 7) is 1.88. The molecule has 1 amide bonds. The number of nitro benzene ring substituents is 1. The number of halogens is 1. The number of nitrogens with one attached hydrogen (secondary N) is 1. The normalized spacial score (nSPS) is 9.06. The Hall–Kier alpha value is -1.87. The summed E-state index contributed by atoms with van der Waals surface area (Å²) in [6.07, 6.45) is 0. The van der Waals surface area contributed by atoms with Crippen molar-refractivity contribution >= 4 is 27.5 Å². The van der Waals surface area contributed by atoms with Gasteiger partial charge in [-0.3, -0.25) is 14.9 Å². The SMILES string of the molecule is CC#CCNC(=O)c1ccc(Br)c([N+](=O)[O-])c1. The second-order valence-corrected chi connectivity index (χ2v) is 3.89. The van der Waals surface area contributed by atoms with E-state index in [4.69, 9.17) is 0 Å². The van der Waals surface area contributed by atoms with Gasteiger partial charge in [-0.05, 0) is 35.0 Å². The molecule has 17 heavy (non-hydrogen) atoms. The van der Waals surface area contributed by atoms with Gasteiger partial charge < -0.3 is 5.32 Å². The van der Waals surface area contributed by atoms with E-state index >= 15 is 0 Å². The molecule has 0 atom stereocenters. The van der Waals surface area contributed by atoms with Gasteiger partial charge >= 0.3 is 0 Å². The van der Waals surface area contributed by atoms with E-state index in [-0.39, 0.29) is 23.7 Å². The van der Waals surface area contributed by atoms with Crippen molar-refractivity contribution in [3.63, 3.8) is 0 Å². The molecule has 0 aliphatic carbocycles. The fourth-order valence-electron chi connectivity index (χ4n) is 1.11. The van der Waals surface area contributed by atoms with Gasteiger partial charge in [-0.2, -0.15) is 0 Å². The molecule has 0 heterocycles. The summed E-state index contributed by atoms with van der Waals surface area (Å²) in [7, 11) is 0. The molecule has 0 fully saturated rings. The standard InChI is InChI=1S/C11H9BrN2O3/c1-2-3-6-13-11(15)8-4-5-9(12)10(7-8)14(16)17/h4-5,7H,6H2,1H3,(H,13,15). The van der Waals surface area contributed by atoms with Crippen molar-refractivity contribution in [3.8, 4) is 11.8 Å². The Bertz CT molecular complexity index is 517. The Kier molecular flexibility index (Phi) is 4.67. The summed E-state index contributed by atoms with van der Waals surface area (Å²) in [5.74, 6) is 4.92. The number of rotatable bonds is 3. The molecular formula is C11H9BrN2O3. The zero-order valence-electron chi connectivity index (χ0n) is 8.99. The van der Waals surface area contributed by atoms with Gasteiger partial charge in [0.1, 0.15) is 0 Å². The number of carbonyl (C=O) groups is 1. The lowest BCUT2D eigenvalue weighted by molar-refractivity contribution is -0.385. The minimum absolute atomic E-state index is 0.140. The van der Waals surface area contributed by atoms with E-state index in [0.717, 1.165) is 0 Å². The highest BCUT2D eigenvalue weighted by atomic mass is 79.9. The summed E-state index contributed by atoms with van der Waals surface area (Å²) in [5, 5.41) is 13.2. The lowest BCUT2D eigenvalue weighted by atomic mass is 10.2.